The van der Waals surface area contributed by atoms with E-state index in [0.29, 0.717) is 46.9 Å². The van der Waals surface area contributed by atoms with E-state index >= 15 is 0 Å². The van der Waals surface area contributed by atoms with E-state index < -0.39 is 30.0 Å². The van der Waals surface area contributed by atoms with Crippen molar-refractivity contribution >= 4 is 28.7 Å². The van der Waals surface area contributed by atoms with Gasteiger partial charge >= 0.3 is 6.18 Å². The van der Waals surface area contributed by atoms with Gasteiger partial charge in [-0.05, 0) is 59.9 Å². The van der Waals surface area contributed by atoms with Crippen LogP contribution >= 0.6 is 0 Å². The average Bonchev–Trinajstić information content (AvgIpc) is 3.30. The highest BCUT2D eigenvalue weighted by molar-refractivity contribution is 6.25. The fraction of sp³-hybridized carbons (Fsp3) is 0.258. The molecular formula is C31H30F4N4O2. The number of hydrogen-bond acceptors (Lipinski definition) is 5. The van der Waals surface area contributed by atoms with E-state index in [1.807, 2.05) is 13.8 Å². The normalized spacial score (nSPS) is 16.0. The molecule has 0 spiro atoms. The van der Waals surface area contributed by atoms with Crippen molar-refractivity contribution in [2.24, 2.45) is 15.9 Å². The van der Waals surface area contributed by atoms with Gasteiger partial charge in [0.15, 0.2) is 0 Å². The molecule has 6 nitrogen and oxygen atoms in total. The second-order valence-electron chi connectivity index (χ2n) is 10.1. The number of amides is 1. The summed E-state index contributed by atoms with van der Waals surface area (Å²) in [4.78, 5) is 11.0. The van der Waals surface area contributed by atoms with Crippen LogP contribution in [0.25, 0.3) is 11.1 Å². The summed E-state index contributed by atoms with van der Waals surface area (Å²) < 4.78 is 61.9. The Labute approximate surface area is 235 Å². The monoisotopic (exact) mass is 566 g/mol. The molecular weight excluding hydrogens is 536 g/mol. The fourth-order valence-corrected chi connectivity index (χ4v) is 4.52. The maximum Gasteiger partial charge on any atom is 0.393 e. The molecule has 10 heteroatoms. The van der Waals surface area contributed by atoms with Crippen molar-refractivity contribution < 1.29 is 27.1 Å². The second-order valence-corrected chi connectivity index (χ2v) is 10.1. The van der Waals surface area contributed by atoms with E-state index in [2.05, 4.69) is 15.5 Å². The van der Waals surface area contributed by atoms with Crippen LogP contribution in [-0.4, -0.2) is 42.5 Å². The lowest BCUT2D eigenvalue weighted by Gasteiger charge is -2.22. The summed E-state index contributed by atoms with van der Waals surface area (Å²) in [6.07, 6.45) is 0.796. The first kappa shape index (κ1) is 29.7. The minimum atomic E-state index is -4.48. The summed E-state index contributed by atoms with van der Waals surface area (Å²) in [6.45, 7) is 4.53. The number of ether oxygens (including phenoxy) is 1. The van der Waals surface area contributed by atoms with Gasteiger partial charge in [-0.15, -0.1) is 5.10 Å². The molecule has 0 saturated carbocycles. The number of nitrogens with zero attached hydrogens (tertiary/aromatic N) is 2. The molecule has 0 aromatic heterocycles. The van der Waals surface area contributed by atoms with Gasteiger partial charge in [0.1, 0.15) is 12.4 Å². The molecule has 2 aromatic rings. The van der Waals surface area contributed by atoms with E-state index in [0.717, 1.165) is 0 Å². The molecule has 1 amide bonds. The number of nitrogens with one attached hydrogen (secondary N) is 1. The third kappa shape index (κ3) is 8.11. The molecule has 1 heterocycles. The van der Waals surface area contributed by atoms with Gasteiger partial charge in [0.2, 0.25) is 11.9 Å². The maximum absolute atomic E-state index is 14.3. The van der Waals surface area contributed by atoms with Gasteiger partial charge in [0.05, 0.1) is 17.7 Å². The first-order valence-electron chi connectivity index (χ1n) is 13.0. The van der Waals surface area contributed by atoms with Crippen molar-refractivity contribution in [1.29, 1.82) is 0 Å². The molecule has 0 unspecified atom stereocenters. The molecule has 1 aliphatic carbocycles. The Morgan fingerprint density at radius 1 is 1.05 bits per heavy atom. The highest BCUT2D eigenvalue weighted by Crippen LogP contribution is 2.41. The van der Waals surface area contributed by atoms with Crippen LogP contribution in [0, 0.1) is 0 Å². The van der Waals surface area contributed by atoms with Crippen LogP contribution in [0.3, 0.4) is 0 Å². The number of allylic oxidation sites excluding steroid dienone is 6. The lowest BCUT2D eigenvalue weighted by atomic mass is 9.84. The molecule has 41 heavy (non-hydrogen) atoms. The van der Waals surface area contributed by atoms with Crippen LogP contribution < -0.4 is 15.8 Å². The quantitative estimate of drug-likeness (QED) is 0.144. The van der Waals surface area contributed by atoms with Crippen LogP contribution in [0.1, 0.15) is 37.8 Å². The Balaban J connectivity index is 1.64. The van der Waals surface area contributed by atoms with Crippen LogP contribution in [0.4, 0.5) is 17.6 Å². The predicted octanol–water partition coefficient (Wildman–Crippen LogP) is 6.33. The minimum Gasteiger partial charge on any atom is -0.492 e. The molecule has 4 rings (SSSR count). The third-order valence-electron chi connectivity index (χ3n) is 6.46. The molecule has 2 aromatic carbocycles. The van der Waals surface area contributed by atoms with Crippen molar-refractivity contribution in [2.45, 2.75) is 38.4 Å². The maximum atomic E-state index is 14.3. The van der Waals surface area contributed by atoms with Gasteiger partial charge in [0.25, 0.3) is 0 Å². The number of alkyl halides is 3. The van der Waals surface area contributed by atoms with Crippen LogP contribution in [0.15, 0.2) is 100 Å². The number of carbonyl (C=O) groups excluding carboxylic acids is 1. The Morgan fingerprint density at radius 2 is 1.76 bits per heavy atom. The van der Waals surface area contributed by atoms with E-state index in [-0.39, 0.29) is 17.6 Å². The summed E-state index contributed by atoms with van der Waals surface area (Å²) >= 11 is 0. The number of primary amides is 1. The molecule has 214 valence electrons. The van der Waals surface area contributed by atoms with Crippen molar-refractivity contribution in [3.63, 3.8) is 0 Å². The first-order chi connectivity index (χ1) is 19.4. The van der Waals surface area contributed by atoms with Gasteiger partial charge in [-0.1, -0.05) is 54.6 Å². The summed E-state index contributed by atoms with van der Waals surface area (Å²) in [5.74, 6) is -0.768. The third-order valence-corrected chi connectivity index (χ3v) is 6.46. The van der Waals surface area contributed by atoms with Crippen molar-refractivity contribution in [3.8, 4) is 5.75 Å². The predicted molar refractivity (Wildman–Crippen MR) is 153 cm³/mol. The minimum absolute atomic E-state index is 0.0704. The second kappa shape index (κ2) is 12.5. The first-order valence-corrected chi connectivity index (χ1v) is 13.0. The molecule has 0 saturated heterocycles. The largest absolute Gasteiger partial charge is 0.492 e. The zero-order chi connectivity index (χ0) is 29.6. The topological polar surface area (TPSA) is 89.1 Å². The average molecular weight is 567 g/mol. The molecule has 0 bridgehead atoms. The lowest BCUT2D eigenvalue weighted by molar-refractivity contribution is -0.123. The number of benzene rings is 2. The molecule has 1 aliphatic heterocycles. The van der Waals surface area contributed by atoms with Gasteiger partial charge in [-0.3, -0.25) is 4.79 Å². The zero-order valence-corrected chi connectivity index (χ0v) is 22.6. The van der Waals surface area contributed by atoms with Crippen LogP contribution in [0.5, 0.6) is 5.75 Å². The van der Waals surface area contributed by atoms with Gasteiger partial charge < -0.3 is 15.8 Å². The number of halogens is 4. The van der Waals surface area contributed by atoms with Gasteiger partial charge in [-0.25, -0.2) is 0 Å². The summed E-state index contributed by atoms with van der Waals surface area (Å²) in [5.41, 5.74) is 7.10. The highest BCUT2D eigenvalue weighted by atomic mass is 19.4. The Bertz CT molecular complexity index is 1470. The Morgan fingerprint density at radius 3 is 2.41 bits per heavy atom. The van der Waals surface area contributed by atoms with Crippen molar-refractivity contribution in [1.82, 2.24) is 5.32 Å². The highest BCUT2D eigenvalue weighted by Gasteiger charge is 2.33. The number of hydrogen-bond donors (Lipinski definition) is 2. The van der Waals surface area contributed by atoms with Crippen LogP contribution in [-0.2, 0) is 4.79 Å². The summed E-state index contributed by atoms with van der Waals surface area (Å²) in [6, 6.07) is 15.1. The van der Waals surface area contributed by atoms with E-state index in [9.17, 15) is 22.4 Å². The Kier molecular flexibility index (Phi) is 9.02. The van der Waals surface area contributed by atoms with Gasteiger partial charge in [-0.2, -0.15) is 22.7 Å². The lowest BCUT2D eigenvalue weighted by Crippen LogP contribution is -2.40. The van der Waals surface area contributed by atoms with Crippen molar-refractivity contribution in [3.05, 3.63) is 101 Å². The van der Waals surface area contributed by atoms with Crippen molar-refractivity contribution in [2.75, 3.05) is 13.2 Å². The summed E-state index contributed by atoms with van der Waals surface area (Å²) in [7, 11) is 0. The smallest absolute Gasteiger partial charge is 0.393 e. The molecule has 3 N–H and O–H groups in total. The number of fused-ring (bicyclic) bond motifs is 1. The fourth-order valence-electron chi connectivity index (χ4n) is 4.52. The number of nitrogens with two attached hydrogens (primary N) is 1. The number of rotatable bonds is 11. The van der Waals surface area contributed by atoms with E-state index in [4.69, 9.17) is 10.5 Å². The molecule has 0 atom stereocenters. The van der Waals surface area contributed by atoms with Gasteiger partial charge in [0, 0.05) is 24.6 Å². The molecule has 0 radical (unpaired) electrons. The standard InChI is InChI=1S/C31H30F4N4O2/c1-30(2,15-14-27(36)40)37-16-17-41-23-11-8-21(9-12-23)28(22-10-13-26-24(18-22)29(32)39-38-26)25(19-31(33,34)35)20-6-4-3-5-7-20/h3-12,14-15,18,37H,13,16-17,19H2,1-2H3,(H2,36,40)/b15-14?,28-25+. The number of carbonyl (C=O) groups is 1. The zero-order valence-electron chi connectivity index (χ0n) is 22.6. The van der Waals surface area contributed by atoms with E-state index in [1.54, 1.807) is 66.7 Å². The molecule has 2 aliphatic rings. The SMILES string of the molecule is CC(C)(C=CC(N)=O)NCCOc1ccc(/C(C2=CCC3=NN=C(F)C3=C2)=C(/CC(F)(F)F)c2ccccc2)cc1. The molecule has 0 fully saturated rings. The van der Waals surface area contributed by atoms with E-state index in [1.165, 1.54) is 12.2 Å². The Hall–Kier alpha value is -4.31. The van der Waals surface area contributed by atoms with Crippen LogP contribution in [0.2, 0.25) is 0 Å². The summed E-state index contributed by atoms with van der Waals surface area (Å²) in [5, 5.41) is 10.5.